The van der Waals surface area contributed by atoms with Gasteiger partial charge in [-0.2, -0.15) is 0 Å². The molecule has 2 rings (SSSR count). The molecule has 7 nitrogen and oxygen atoms in total. The predicted octanol–water partition coefficient (Wildman–Crippen LogP) is 0.573. The van der Waals surface area contributed by atoms with Gasteiger partial charge in [-0.1, -0.05) is 12.1 Å². The van der Waals surface area contributed by atoms with Gasteiger partial charge in [0.2, 0.25) is 0 Å². The fourth-order valence-electron chi connectivity index (χ4n) is 2.73. The highest BCUT2D eigenvalue weighted by atomic mass is 16.7. The van der Waals surface area contributed by atoms with E-state index in [1.54, 1.807) is 23.1 Å². The largest absolute Gasteiger partial charge is 0.352 e. The highest BCUT2D eigenvalue weighted by Crippen LogP contribution is 2.23. The third kappa shape index (κ3) is 3.27. The van der Waals surface area contributed by atoms with Crippen LogP contribution in [0.15, 0.2) is 24.3 Å². The van der Waals surface area contributed by atoms with Crippen LogP contribution in [-0.2, 0) is 14.3 Å². The third-order valence-electron chi connectivity index (χ3n) is 3.79. The van der Waals surface area contributed by atoms with E-state index in [0.717, 1.165) is 12.0 Å². The Morgan fingerprint density at radius 1 is 1.36 bits per heavy atom. The summed E-state index contributed by atoms with van der Waals surface area (Å²) < 4.78 is 10.4. The first kappa shape index (κ1) is 16.4. The maximum Gasteiger partial charge on any atom is 0.256 e. The molecule has 120 valence electrons. The van der Waals surface area contributed by atoms with E-state index < -0.39 is 12.3 Å². The van der Waals surface area contributed by atoms with Crippen molar-refractivity contribution in [3.63, 3.8) is 0 Å². The molecule has 0 unspecified atom stereocenters. The van der Waals surface area contributed by atoms with Crippen LogP contribution in [0.4, 0.5) is 0 Å². The first-order chi connectivity index (χ1) is 10.6. The summed E-state index contributed by atoms with van der Waals surface area (Å²) in [7, 11) is 3.06. The number of benzene rings is 1. The van der Waals surface area contributed by atoms with Gasteiger partial charge >= 0.3 is 0 Å². The van der Waals surface area contributed by atoms with E-state index in [4.69, 9.17) is 15.3 Å². The molecule has 0 aromatic heterocycles. The van der Waals surface area contributed by atoms with Gasteiger partial charge in [0.05, 0.1) is 0 Å². The van der Waals surface area contributed by atoms with Crippen molar-refractivity contribution in [3.05, 3.63) is 35.4 Å². The van der Waals surface area contributed by atoms with Gasteiger partial charge in [-0.05, 0) is 25.0 Å². The zero-order chi connectivity index (χ0) is 16.1. The second kappa shape index (κ2) is 7.35. The summed E-state index contributed by atoms with van der Waals surface area (Å²) in [5.41, 5.74) is 3.36. The van der Waals surface area contributed by atoms with Gasteiger partial charge in [0.1, 0.15) is 6.04 Å². The van der Waals surface area contributed by atoms with Crippen LogP contribution in [0.25, 0.3) is 0 Å². The molecule has 0 radical (unpaired) electrons. The summed E-state index contributed by atoms with van der Waals surface area (Å²) in [4.78, 5) is 26.0. The Morgan fingerprint density at radius 3 is 2.73 bits per heavy atom. The molecule has 1 aliphatic heterocycles. The maximum atomic E-state index is 12.7. The Bertz CT molecular complexity index is 545. The Labute approximate surface area is 129 Å². The number of ether oxygens (including phenoxy) is 2. The Hall–Kier alpha value is -1.96. The normalized spacial score (nSPS) is 17.8. The fraction of sp³-hybridized carbons (Fsp3) is 0.467. The molecule has 0 bridgehead atoms. The van der Waals surface area contributed by atoms with Crippen molar-refractivity contribution < 1.29 is 19.1 Å². The van der Waals surface area contributed by atoms with Crippen molar-refractivity contribution in [2.75, 3.05) is 20.8 Å². The molecule has 1 aromatic carbocycles. The number of nitrogens with two attached hydrogens (primary N) is 1. The van der Waals surface area contributed by atoms with Crippen LogP contribution in [0.1, 0.15) is 35.1 Å². The van der Waals surface area contributed by atoms with E-state index in [0.29, 0.717) is 18.5 Å². The molecule has 2 amide bonds. The first-order valence-corrected chi connectivity index (χ1v) is 7.09. The molecule has 0 spiro atoms. The van der Waals surface area contributed by atoms with Crippen molar-refractivity contribution in [1.82, 2.24) is 10.3 Å². The van der Waals surface area contributed by atoms with E-state index in [1.807, 2.05) is 6.07 Å². The zero-order valence-electron chi connectivity index (χ0n) is 12.7. The van der Waals surface area contributed by atoms with Gasteiger partial charge in [0.25, 0.3) is 11.8 Å². The molecule has 7 heteroatoms. The Morgan fingerprint density at radius 2 is 2.09 bits per heavy atom. The molecule has 1 atom stereocenters. The second-order valence-corrected chi connectivity index (χ2v) is 5.09. The number of carbonyl (C=O) groups excluding carboxylic acids is 2. The molecule has 1 saturated heterocycles. The highest BCUT2D eigenvalue weighted by molar-refractivity contribution is 5.98. The number of hydrogen-bond donors (Lipinski definition) is 2. The lowest BCUT2D eigenvalue weighted by atomic mass is 10.1. The van der Waals surface area contributed by atoms with Gasteiger partial charge in [0, 0.05) is 31.9 Å². The quantitative estimate of drug-likeness (QED) is 0.359. The minimum atomic E-state index is -0.533. The summed E-state index contributed by atoms with van der Waals surface area (Å²) in [6.07, 6.45) is 0.865. The van der Waals surface area contributed by atoms with Gasteiger partial charge in [-0.3, -0.25) is 15.0 Å². The minimum absolute atomic E-state index is 0.195. The molecule has 0 aliphatic carbocycles. The number of likely N-dealkylation sites (tertiary alicyclic amines) is 1. The van der Waals surface area contributed by atoms with E-state index >= 15 is 0 Å². The second-order valence-electron chi connectivity index (χ2n) is 5.09. The van der Waals surface area contributed by atoms with Crippen molar-refractivity contribution in [1.29, 1.82) is 0 Å². The van der Waals surface area contributed by atoms with E-state index in [2.05, 4.69) is 5.43 Å². The highest BCUT2D eigenvalue weighted by Gasteiger charge is 2.34. The molecule has 1 fully saturated rings. The zero-order valence-corrected chi connectivity index (χ0v) is 12.7. The number of rotatable bonds is 5. The number of carbonyl (C=O) groups is 2. The van der Waals surface area contributed by atoms with Crippen molar-refractivity contribution in [3.8, 4) is 0 Å². The molecule has 22 heavy (non-hydrogen) atoms. The van der Waals surface area contributed by atoms with Gasteiger partial charge in [-0.15, -0.1) is 0 Å². The van der Waals surface area contributed by atoms with Crippen molar-refractivity contribution >= 4 is 11.8 Å². The van der Waals surface area contributed by atoms with Gasteiger partial charge < -0.3 is 14.4 Å². The monoisotopic (exact) mass is 307 g/mol. The first-order valence-electron chi connectivity index (χ1n) is 7.09. The average molecular weight is 307 g/mol. The van der Waals surface area contributed by atoms with Crippen molar-refractivity contribution in [2.24, 2.45) is 5.84 Å². The number of methoxy groups -OCH3 is 2. The number of amides is 2. The fourth-order valence-corrected chi connectivity index (χ4v) is 2.73. The minimum Gasteiger partial charge on any atom is -0.352 e. The van der Waals surface area contributed by atoms with Crippen LogP contribution >= 0.6 is 0 Å². The summed E-state index contributed by atoms with van der Waals surface area (Å²) in [5, 5.41) is 0. The number of nitrogens with one attached hydrogen (secondary N) is 1. The lowest BCUT2D eigenvalue weighted by Crippen LogP contribution is -2.48. The SMILES string of the molecule is COC(OC)c1cccc(C(=O)N2CCC[C@H]2C(=O)NN)c1. The van der Waals surface area contributed by atoms with Crippen LogP contribution in [0.2, 0.25) is 0 Å². The molecular weight excluding hydrogens is 286 g/mol. The smallest absolute Gasteiger partial charge is 0.256 e. The molecule has 1 aromatic rings. The average Bonchev–Trinajstić information content (AvgIpc) is 3.04. The van der Waals surface area contributed by atoms with E-state index in [9.17, 15) is 9.59 Å². The van der Waals surface area contributed by atoms with Crippen LogP contribution in [-0.4, -0.2) is 43.5 Å². The van der Waals surface area contributed by atoms with Crippen LogP contribution in [0.5, 0.6) is 0 Å². The van der Waals surface area contributed by atoms with E-state index in [-0.39, 0.29) is 11.8 Å². The third-order valence-corrected chi connectivity index (χ3v) is 3.79. The summed E-state index contributed by atoms with van der Waals surface area (Å²) in [6.45, 7) is 0.541. The van der Waals surface area contributed by atoms with E-state index in [1.165, 1.54) is 14.2 Å². The van der Waals surface area contributed by atoms with Gasteiger partial charge in [0.15, 0.2) is 6.29 Å². The Balaban J connectivity index is 2.22. The maximum absolute atomic E-state index is 12.7. The lowest BCUT2D eigenvalue weighted by molar-refractivity contribution is -0.124. The number of nitrogens with zero attached hydrogens (tertiary/aromatic N) is 1. The summed E-state index contributed by atoms with van der Waals surface area (Å²) in [6, 6.07) is 6.51. The number of hydrogen-bond acceptors (Lipinski definition) is 5. The lowest BCUT2D eigenvalue weighted by Gasteiger charge is -2.23. The topological polar surface area (TPSA) is 93.9 Å². The molecule has 3 N–H and O–H groups in total. The van der Waals surface area contributed by atoms with Crippen LogP contribution in [0.3, 0.4) is 0 Å². The van der Waals surface area contributed by atoms with Crippen LogP contribution < -0.4 is 11.3 Å². The number of hydrazine groups is 1. The standard InChI is InChI=1S/C15H21N3O4/c1-21-15(22-2)11-6-3-5-10(9-11)14(20)18-8-4-7-12(18)13(19)17-16/h3,5-6,9,12,15H,4,7-8,16H2,1-2H3,(H,17,19)/t12-/m0/s1. The molecular formula is C15H21N3O4. The molecule has 0 saturated carbocycles. The predicted molar refractivity (Wildman–Crippen MR) is 79.6 cm³/mol. The van der Waals surface area contributed by atoms with Crippen LogP contribution in [0, 0.1) is 0 Å². The van der Waals surface area contributed by atoms with Gasteiger partial charge in [-0.25, -0.2) is 5.84 Å². The Kier molecular flexibility index (Phi) is 5.48. The summed E-state index contributed by atoms with van der Waals surface area (Å²) >= 11 is 0. The molecule has 1 heterocycles. The summed E-state index contributed by atoms with van der Waals surface area (Å²) in [5.74, 6) is 4.65. The molecule has 1 aliphatic rings. The van der Waals surface area contributed by atoms with Crippen molar-refractivity contribution in [2.45, 2.75) is 25.2 Å².